The topological polar surface area (TPSA) is 76.0 Å². The number of amides is 1. The van der Waals surface area contributed by atoms with Crippen LogP contribution in [0.3, 0.4) is 0 Å². The van der Waals surface area contributed by atoms with E-state index in [1.54, 1.807) is 26.0 Å². The van der Waals surface area contributed by atoms with E-state index < -0.39 is 11.7 Å². The minimum absolute atomic E-state index is 0.0297. The number of hydrogen-bond donors (Lipinski definition) is 2. The third-order valence-electron chi connectivity index (χ3n) is 3.30. The minimum Gasteiger partial charge on any atom is -0.354 e. The zero-order valence-electron chi connectivity index (χ0n) is 14.8. The van der Waals surface area contributed by atoms with Crippen molar-refractivity contribution in [1.82, 2.24) is 15.1 Å². The van der Waals surface area contributed by atoms with Gasteiger partial charge in [-0.25, -0.2) is 9.07 Å². The van der Waals surface area contributed by atoms with Gasteiger partial charge in [0.2, 0.25) is 0 Å². The molecule has 1 aromatic heterocycles. The van der Waals surface area contributed by atoms with E-state index in [1.807, 2.05) is 13.8 Å². The van der Waals surface area contributed by atoms with Crippen LogP contribution in [0.4, 0.5) is 15.8 Å². The van der Waals surface area contributed by atoms with Gasteiger partial charge in [-0.1, -0.05) is 19.9 Å². The molecule has 2 N–H and O–H groups in total. The van der Waals surface area contributed by atoms with Gasteiger partial charge in [0.25, 0.3) is 11.5 Å². The molecule has 0 aliphatic rings. The summed E-state index contributed by atoms with van der Waals surface area (Å²) in [7, 11) is 2.92. The van der Waals surface area contributed by atoms with Crippen LogP contribution in [0.15, 0.2) is 23.0 Å². The molecule has 0 aliphatic carbocycles. The maximum absolute atomic E-state index is 14.0. The molecule has 1 aromatic carbocycles. The monoisotopic (exact) mass is 334 g/mol. The Balaban J connectivity index is 0.00000139. The van der Waals surface area contributed by atoms with Crippen molar-refractivity contribution in [3.05, 3.63) is 51.2 Å². The largest absolute Gasteiger partial charge is 0.354 e. The highest BCUT2D eigenvalue weighted by molar-refractivity contribution is 5.98. The van der Waals surface area contributed by atoms with Gasteiger partial charge >= 0.3 is 0 Å². The first-order valence-electron chi connectivity index (χ1n) is 7.68. The third-order valence-corrected chi connectivity index (χ3v) is 3.30. The molecule has 2 rings (SSSR count). The van der Waals surface area contributed by atoms with E-state index >= 15 is 0 Å². The minimum atomic E-state index is -0.470. The number of benzene rings is 1. The molecule has 1 heterocycles. The summed E-state index contributed by atoms with van der Waals surface area (Å²) in [6.07, 6.45) is 0. The fourth-order valence-corrected chi connectivity index (χ4v) is 2.06. The lowest BCUT2D eigenvalue weighted by atomic mass is 10.1. The van der Waals surface area contributed by atoms with Crippen molar-refractivity contribution in [2.24, 2.45) is 7.05 Å². The van der Waals surface area contributed by atoms with Crippen molar-refractivity contribution in [3.8, 4) is 0 Å². The van der Waals surface area contributed by atoms with E-state index in [1.165, 1.54) is 20.2 Å². The average molecular weight is 334 g/mol. The van der Waals surface area contributed by atoms with Gasteiger partial charge < -0.3 is 10.6 Å². The summed E-state index contributed by atoms with van der Waals surface area (Å²) < 4.78 is 15.1. The molecular formula is C17H23FN4O2. The molecule has 2 aromatic rings. The second kappa shape index (κ2) is 8.24. The molecule has 0 spiro atoms. The number of hydrogen-bond acceptors (Lipinski definition) is 4. The molecule has 24 heavy (non-hydrogen) atoms. The van der Waals surface area contributed by atoms with Crippen LogP contribution < -0.4 is 16.2 Å². The Morgan fingerprint density at radius 3 is 2.42 bits per heavy atom. The lowest BCUT2D eigenvalue weighted by Crippen LogP contribution is -2.30. The smallest absolute Gasteiger partial charge is 0.273 e. The van der Waals surface area contributed by atoms with Crippen LogP contribution in [0.1, 0.15) is 35.5 Å². The van der Waals surface area contributed by atoms with Gasteiger partial charge in [0.05, 0.1) is 11.4 Å². The molecule has 7 heteroatoms. The highest BCUT2D eigenvalue weighted by Crippen LogP contribution is 2.24. The maximum Gasteiger partial charge on any atom is 0.273 e. The van der Waals surface area contributed by atoms with Crippen LogP contribution in [0.2, 0.25) is 0 Å². The summed E-state index contributed by atoms with van der Waals surface area (Å²) in [5, 5.41) is 9.22. The number of carbonyl (C=O) groups is 1. The lowest BCUT2D eigenvalue weighted by molar-refractivity contribution is 0.0956. The van der Waals surface area contributed by atoms with E-state index in [2.05, 4.69) is 15.7 Å². The Labute approximate surface area is 140 Å². The highest BCUT2D eigenvalue weighted by atomic mass is 19.1. The SMILES string of the molecule is CC.CNC(=O)c1nn(C)c(=O)c(C)c1Nc1ccc(C)cc1F. The number of nitrogens with one attached hydrogen (secondary N) is 2. The fourth-order valence-electron chi connectivity index (χ4n) is 2.06. The van der Waals surface area contributed by atoms with E-state index in [0.29, 0.717) is 0 Å². The summed E-state index contributed by atoms with van der Waals surface area (Å²) in [6.45, 7) is 7.33. The Morgan fingerprint density at radius 2 is 1.88 bits per heavy atom. The van der Waals surface area contributed by atoms with Gasteiger partial charge in [0.15, 0.2) is 5.69 Å². The van der Waals surface area contributed by atoms with E-state index in [9.17, 15) is 14.0 Å². The standard InChI is InChI=1S/C15H17FN4O2.C2H6/c1-8-5-6-11(10(16)7-8)18-12-9(2)15(22)20(4)19-13(12)14(21)17-3;1-2/h5-7,18H,1-4H3,(H,17,21);1-2H3. The summed E-state index contributed by atoms with van der Waals surface area (Å²) in [5.74, 6) is -0.934. The van der Waals surface area contributed by atoms with Crippen LogP contribution in [0.5, 0.6) is 0 Å². The summed E-state index contributed by atoms with van der Waals surface area (Å²) in [4.78, 5) is 24.0. The molecule has 0 bridgehead atoms. The van der Waals surface area contributed by atoms with Crippen LogP contribution in [0.25, 0.3) is 0 Å². The molecule has 0 saturated carbocycles. The number of halogens is 1. The molecule has 0 radical (unpaired) electrons. The Morgan fingerprint density at radius 1 is 1.25 bits per heavy atom. The van der Waals surface area contributed by atoms with Gasteiger partial charge in [-0.05, 0) is 31.5 Å². The molecule has 0 saturated heterocycles. The van der Waals surface area contributed by atoms with Crippen LogP contribution in [-0.4, -0.2) is 22.7 Å². The maximum atomic E-state index is 14.0. The van der Waals surface area contributed by atoms with Gasteiger partial charge in [-0.3, -0.25) is 9.59 Å². The van der Waals surface area contributed by atoms with Crippen molar-refractivity contribution < 1.29 is 9.18 Å². The number of carbonyl (C=O) groups excluding carboxylic acids is 1. The third kappa shape index (κ3) is 3.98. The number of aromatic nitrogens is 2. The lowest BCUT2D eigenvalue weighted by Gasteiger charge is -2.15. The zero-order chi connectivity index (χ0) is 18.4. The highest BCUT2D eigenvalue weighted by Gasteiger charge is 2.19. The van der Waals surface area contributed by atoms with Gasteiger partial charge in [0, 0.05) is 19.7 Å². The molecule has 130 valence electrons. The molecule has 0 unspecified atom stereocenters. The number of anilines is 2. The Hall–Kier alpha value is -2.70. The molecule has 0 atom stereocenters. The normalized spacial score (nSPS) is 9.79. The first-order valence-corrected chi connectivity index (χ1v) is 7.68. The van der Waals surface area contributed by atoms with E-state index in [-0.39, 0.29) is 28.2 Å². The zero-order valence-corrected chi connectivity index (χ0v) is 14.8. The van der Waals surface area contributed by atoms with Crippen molar-refractivity contribution in [2.45, 2.75) is 27.7 Å². The number of rotatable bonds is 3. The van der Waals surface area contributed by atoms with Crippen LogP contribution >= 0.6 is 0 Å². The second-order valence-electron chi connectivity index (χ2n) is 4.96. The van der Waals surface area contributed by atoms with Crippen LogP contribution in [-0.2, 0) is 7.05 Å². The second-order valence-corrected chi connectivity index (χ2v) is 4.96. The summed E-state index contributed by atoms with van der Waals surface area (Å²) in [6, 6.07) is 4.65. The predicted octanol–water partition coefficient (Wildman–Crippen LogP) is 2.67. The van der Waals surface area contributed by atoms with Crippen molar-refractivity contribution >= 4 is 17.3 Å². The molecule has 0 fully saturated rings. The molecular weight excluding hydrogens is 311 g/mol. The van der Waals surface area contributed by atoms with Gasteiger partial charge in [0.1, 0.15) is 5.82 Å². The Kier molecular flexibility index (Phi) is 6.64. The summed E-state index contributed by atoms with van der Waals surface area (Å²) in [5.41, 5.74) is 1.10. The molecule has 6 nitrogen and oxygen atoms in total. The number of nitrogens with zero attached hydrogens (tertiary/aromatic N) is 2. The van der Waals surface area contributed by atoms with Crippen molar-refractivity contribution in [1.29, 1.82) is 0 Å². The van der Waals surface area contributed by atoms with Gasteiger partial charge in [-0.15, -0.1) is 0 Å². The van der Waals surface area contributed by atoms with E-state index in [4.69, 9.17) is 0 Å². The predicted molar refractivity (Wildman–Crippen MR) is 93.4 cm³/mol. The summed E-state index contributed by atoms with van der Waals surface area (Å²) >= 11 is 0. The quantitative estimate of drug-likeness (QED) is 0.905. The van der Waals surface area contributed by atoms with Gasteiger partial charge in [-0.2, -0.15) is 5.10 Å². The van der Waals surface area contributed by atoms with Crippen molar-refractivity contribution in [3.63, 3.8) is 0 Å². The number of aryl methyl sites for hydroxylation is 2. The molecule has 1 amide bonds. The average Bonchev–Trinajstić information content (AvgIpc) is 2.58. The van der Waals surface area contributed by atoms with E-state index in [0.717, 1.165) is 10.2 Å². The van der Waals surface area contributed by atoms with Crippen molar-refractivity contribution in [2.75, 3.05) is 12.4 Å². The Bertz CT molecular complexity index is 800. The molecule has 0 aliphatic heterocycles. The first-order chi connectivity index (χ1) is 11.3. The fraction of sp³-hybridized carbons (Fsp3) is 0.353. The first kappa shape index (κ1) is 19.3. The van der Waals surface area contributed by atoms with Crippen LogP contribution in [0, 0.1) is 19.7 Å².